The minimum atomic E-state index is -0.339. The summed E-state index contributed by atoms with van der Waals surface area (Å²) in [5.74, 6) is 1.19. The lowest BCUT2D eigenvalue weighted by Gasteiger charge is -2.13. The van der Waals surface area contributed by atoms with Gasteiger partial charge in [0.05, 0.1) is 6.54 Å². The van der Waals surface area contributed by atoms with Crippen LogP contribution in [0.5, 0.6) is 0 Å². The van der Waals surface area contributed by atoms with E-state index in [1.54, 1.807) is 44.6 Å². The Kier molecular flexibility index (Phi) is 6.16. The SMILES string of the molecule is CC(C)Cn1ccnc1CNC(=O)Nc1cccc(C(=O)N(C)C)c1. The molecule has 0 atom stereocenters. The third kappa shape index (κ3) is 5.34. The Balaban J connectivity index is 1.94. The molecule has 0 aliphatic rings. The quantitative estimate of drug-likeness (QED) is 0.846. The number of anilines is 1. The topological polar surface area (TPSA) is 79.3 Å². The maximum atomic E-state index is 12.1. The van der Waals surface area contributed by atoms with Crippen LogP contribution in [-0.4, -0.2) is 40.5 Å². The second-order valence-corrected chi connectivity index (χ2v) is 6.48. The van der Waals surface area contributed by atoms with Crippen molar-refractivity contribution in [3.8, 4) is 0 Å². The third-order valence-corrected chi connectivity index (χ3v) is 3.54. The zero-order valence-corrected chi connectivity index (χ0v) is 15.1. The molecule has 25 heavy (non-hydrogen) atoms. The van der Waals surface area contributed by atoms with E-state index in [-0.39, 0.29) is 11.9 Å². The minimum absolute atomic E-state index is 0.111. The Morgan fingerprint density at radius 1 is 1.28 bits per heavy atom. The van der Waals surface area contributed by atoms with Gasteiger partial charge in [0, 0.05) is 44.3 Å². The van der Waals surface area contributed by atoms with E-state index < -0.39 is 0 Å². The summed E-state index contributed by atoms with van der Waals surface area (Å²) in [5, 5.41) is 5.53. The standard InChI is InChI=1S/C18H25N5O2/c1-13(2)12-23-9-8-19-16(23)11-20-18(25)21-15-7-5-6-14(10-15)17(24)22(3)4/h5-10,13H,11-12H2,1-4H3,(H2,20,21,25). The van der Waals surface area contributed by atoms with Gasteiger partial charge in [-0.25, -0.2) is 9.78 Å². The lowest BCUT2D eigenvalue weighted by molar-refractivity contribution is 0.0827. The molecule has 2 aromatic rings. The molecule has 0 saturated heterocycles. The Bertz CT molecular complexity index is 737. The summed E-state index contributed by atoms with van der Waals surface area (Å²) in [6, 6.07) is 6.51. The Hall–Kier alpha value is -2.83. The maximum absolute atomic E-state index is 12.1. The Labute approximate surface area is 148 Å². The highest BCUT2D eigenvalue weighted by Crippen LogP contribution is 2.12. The number of carbonyl (C=O) groups is 2. The van der Waals surface area contributed by atoms with Gasteiger partial charge in [-0.3, -0.25) is 4.79 Å². The number of hydrogen-bond donors (Lipinski definition) is 2. The lowest BCUT2D eigenvalue weighted by Crippen LogP contribution is -2.29. The fourth-order valence-corrected chi connectivity index (χ4v) is 2.39. The van der Waals surface area contributed by atoms with Crippen LogP contribution in [0.3, 0.4) is 0 Å². The van der Waals surface area contributed by atoms with Crippen LogP contribution >= 0.6 is 0 Å². The van der Waals surface area contributed by atoms with Crippen molar-refractivity contribution in [1.82, 2.24) is 19.8 Å². The van der Waals surface area contributed by atoms with E-state index in [1.807, 2.05) is 10.8 Å². The molecule has 134 valence electrons. The van der Waals surface area contributed by atoms with Crippen molar-refractivity contribution in [2.75, 3.05) is 19.4 Å². The van der Waals surface area contributed by atoms with E-state index >= 15 is 0 Å². The molecule has 2 N–H and O–H groups in total. The van der Waals surface area contributed by atoms with Crippen molar-refractivity contribution < 1.29 is 9.59 Å². The molecule has 0 spiro atoms. The number of benzene rings is 1. The number of rotatable bonds is 6. The summed E-state index contributed by atoms with van der Waals surface area (Å²) < 4.78 is 2.03. The summed E-state index contributed by atoms with van der Waals surface area (Å²) in [6.45, 7) is 5.45. The van der Waals surface area contributed by atoms with Crippen LogP contribution in [-0.2, 0) is 13.1 Å². The smallest absolute Gasteiger partial charge is 0.319 e. The molecule has 0 aliphatic heterocycles. The fourth-order valence-electron chi connectivity index (χ4n) is 2.39. The number of hydrogen-bond acceptors (Lipinski definition) is 3. The second-order valence-electron chi connectivity index (χ2n) is 6.48. The van der Waals surface area contributed by atoms with Crippen molar-refractivity contribution in [2.45, 2.75) is 26.9 Å². The number of aromatic nitrogens is 2. The zero-order chi connectivity index (χ0) is 18.4. The molecule has 3 amide bonds. The van der Waals surface area contributed by atoms with E-state index in [0.717, 1.165) is 12.4 Å². The van der Waals surface area contributed by atoms with Gasteiger partial charge in [0.15, 0.2) is 0 Å². The molecule has 0 bridgehead atoms. The Morgan fingerprint density at radius 3 is 2.72 bits per heavy atom. The molecule has 1 aromatic carbocycles. The molecular weight excluding hydrogens is 318 g/mol. The molecule has 1 heterocycles. The van der Waals surface area contributed by atoms with E-state index in [1.165, 1.54) is 4.90 Å². The van der Waals surface area contributed by atoms with Crippen molar-refractivity contribution in [2.24, 2.45) is 5.92 Å². The van der Waals surface area contributed by atoms with Gasteiger partial charge in [-0.2, -0.15) is 0 Å². The first-order chi connectivity index (χ1) is 11.9. The van der Waals surface area contributed by atoms with Gasteiger partial charge in [-0.15, -0.1) is 0 Å². The van der Waals surface area contributed by atoms with Crippen molar-refractivity contribution >= 4 is 17.6 Å². The van der Waals surface area contributed by atoms with E-state index in [2.05, 4.69) is 29.5 Å². The van der Waals surface area contributed by atoms with Gasteiger partial charge in [-0.1, -0.05) is 19.9 Å². The monoisotopic (exact) mass is 343 g/mol. The normalized spacial score (nSPS) is 10.6. The number of nitrogens with one attached hydrogen (secondary N) is 2. The van der Waals surface area contributed by atoms with Crippen molar-refractivity contribution in [3.05, 3.63) is 48.0 Å². The van der Waals surface area contributed by atoms with Crippen molar-refractivity contribution in [1.29, 1.82) is 0 Å². The van der Waals surface area contributed by atoms with Gasteiger partial charge in [-0.05, 0) is 24.1 Å². The first kappa shape index (κ1) is 18.5. The lowest BCUT2D eigenvalue weighted by atomic mass is 10.2. The molecule has 7 nitrogen and oxygen atoms in total. The first-order valence-electron chi connectivity index (χ1n) is 8.23. The Morgan fingerprint density at radius 2 is 2.04 bits per heavy atom. The number of nitrogens with zero attached hydrogens (tertiary/aromatic N) is 3. The minimum Gasteiger partial charge on any atom is -0.345 e. The highest BCUT2D eigenvalue weighted by atomic mass is 16.2. The number of amides is 3. The predicted octanol–water partition coefficient (Wildman–Crippen LogP) is 2.56. The van der Waals surface area contributed by atoms with Gasteiger partial charge in [0.2, 0.25) is 0 Å². The zero-order valence-electron chi connectivity index (χ0n) is 15.1. The van der Waals surface area contributed by atoms with Crippen LogP contribution < -0.4 is 10.6 Å². The number of carbonyl (C=O) groups excluding carboxylic acids is 2. The molecule has 0 fully saturated rings. The van der Waals surface area contributed by atoms with Gasteiger partial charge in [0.1, 0.15) is 5.82 Å². The van der Waals surface area contributed by atoms with E-state index in [4.69, 9.17) is 0 Å². The molecule has 0 radical (unpaired) electrons. The average molecular weight is 343 g/mol. The maximum Gasteiger partial charge on any atom is 0.319 e. The van der Waals surface area contributed by atoms with Crippen LogP contribution in [0.1, 0.15) is 30.0 Å². The predicted molar refractivity (Wildman–Crippen MR) is 97.4 cm³/mol. The summed E-state index contributed by atoms with van der Waals surface area (Å²) in [5.41, 5.74) is 1.09. The molecule has 2 rings (SSSR count). The summed E-state index contributed by atoms with van der Waals surface area (Å²) in [7, 11) is 3.38. The third-order valence-electron chi connectivity index (χ3n) is 3.54. The molecule has 1 aromatic heterocycles. The second kappa shape index (κ2) is 8.32. The summed E-state index contributed by atoms with van der Waals surface area (Å²) >= 11 is 0. The molecule has 0 saturated carbocycles. The molecule has 0 aliphatic carbocycles. The van der Waals surface area contributed by atoms with E-state index in [0.29, 0.717) is 23.7 Å². The molecule has 7 heteroatoms. The first-order valence-corrected chi connectivity index (χ1v) is 8.23. The highest BCUT2D eigenvalue weighted by molar-refractivity contribution is 5.96. The average Bonchev–Trinajstić information content (AvgIpc) is 2.98. The molecule has 0 unspecified atom stereocenters. The van der Waals surface area contributed by atoms with Gasteiger partial charge in [0.25, 0.3) is 5.91 Å². The molecular formula is C18H25N5O2. The highest BCUT2D eigenvalue weighted by Gasteiger charge is 2.10. The summed E-state index contributed by atoms with van der Waals surface area (Å²) in [4.78, 5) is 29.8. The van der Waals surface area contributed by atoms with Gasteiger partial charge < -0.3 is 20.1 Å². The van der Waals surface area contributed by atoms with Crippen LogP contribution in [0.4, 0.5) is 10.5 Å². The fraction of sp³-hybridized carbons (Fsp3) is 0.389. The van der Waals surface area contributed by atoms with Crippen LogP contribution in [0.25, 0.3) is 0 Å². The number of imidazole rings is 1. The van der Waals surface area contributed by atoms with Gasteiger partial charge >= 0.3 is 6.03 Å². The van der Waals surface area contributed by atoms with E-state index in [9.17, 15) is 9.59 Å². The summed E-state index contributed by atoms with van der Waals surface area (Å²) in [6.07, 6.45) is 3.64. The van der Waals surface area contributed by atoms with Crippen LogP contribution in [0.15, 0.2) is 36.7 Å². The van der Waals surface area contributed by atoms with Crippen molar-refractivity contribution in [3.63, 3.8) is 0 Å². The number of urea groups is 1. The van der Waals surface area contributed by atoms with Crippen LogP contribution in [0, 0.1) is 5.92 Å². The van der Waals surface area contributed by atoms with Crippen LogP contribution in [0.2, 0.25) is 0 Å². The largest absolute Gasteiger partial charge is 0.345 e.